The second kappa shape index (κ2) is 8.99. The standard InChI is InChI=1S/C24H32O7/c1-13-8-7-9-14(2)12-18(28-16(4)25)20-15(3)23(27)30-21(20)22-24(6,31-22)19(11-10-13)29-17(5)26/h9-10,18-22H,3,7-8,11-12H2,1-2,4-6H3/b13-10-,14-9+/t18-,19-,20-,21+,22+,24+/m1/s1. The van der Waals surface area contributed by atoms with Gasteiger partial charge in [0.2, 0.25) is 0 Å². The number of carbonyl (C=O) groups is 3. The molecule has 0 radical (unpaired) electrons. The van der Waals surface area contributed by atoms with E-state index in [1.807, 2.05) is 20.8 Å². The van der Waals surface area contributed by atoms with E-state index in [1.54, 1.807) is 0 Å². The van der Waals surface area contributed by atoms with Crippen molar-refractivity contribution in [1.29, 1.82) is 0 Å². The van der Waals surface area contributed by atoms with Gasteiger partial charge in [-0.1, -0.05) is 29.9 Å². The van der Waals surface area contributed by atoms with E-state index >= 15 is 0 Å². The lowest BCUT2D eigenvalue weighted by molar-refractivity contribution is -0.151. The van der Waals surface area contributed by atoms with Crippen LogP contribution >= 0.6 is 0 Å². The molecule has 6 atom stereocenters. The lowest BCUT2D eigenvalue weighted by Crippen LogP contribution is -2.41. The molecule has 0 aromatic heterocycles. The summed E-state index contributed by atoms with van der Waals surface area (Å²) < 4.78 is 22.9. The van der Waals surface area contributed by atoms with Gasteiger partial charge in [-0.15, -0.1) is 0 Å². The van der Waals surface area contributed by atoms with Crippen LogP contribution in [-0.2, 0) is 33.3 Å². The highest BCUT2D eigenvalue weighted by molar-refractivity contribution is 5.91. The maximum absolute atomic E-state index is 12.4. The Morgan fingerprint density at radius 2 is 1.81 bits per heavy atom. The fourth-order valence-electron chi connectivity index (χ4n) is 4.60. The first-order chi connectivity index (χ1) is 14.5. The Hall–Kier alpha value is -2.41. The molecule has 0 saturated carbocycles. The third-order valence-corrected chi connectivity index (χ3v) is 6.35. The van der Waals surface area contributed by atoms with Gasteiger partial charge in [-0.3, -0.25) is 9.59 Å². The van der Waals surface area contributed by atoms with Crippen molar-refractivity contribution in [3.8, 4) is 0 Å². The van der Waals surface area contributed by atoms with E-state index in [2.05, 4.69) is 18.7 Å². The molecule has 3 aliphatic rings. The van der Waals surface area contributed by atoms with Crippen LogP contribution in [0, 0.1) is 5.92 Å². The van der Waals surface area contributed by atoms with Gasteiger partial charge in [-0.25, -0.2) is 4.79 Å². The average molecular weight is 433 g/mol. The maximum Gasteiger partial charge on any atom is 0.334 e. The van der Waals surface area contributed by atoms with E-state index in [0.717, 1.165) is 18.4 Å². The Morgan fingerprint density at radius 3 is 2.45 bits per heavy atom. The first kappa shape index (κ1) is 23.3. The molecule has 2 fully saturated rings. The van der Waals surface area contributed by atoms with Crippen molar-refractivity contribution in [1.82, 2.24) is 0 Å². The summed E-state index contributed by atoms with van der Waals surface area (Å²) in [6, 6.07) is 0. The molecule has 170 valence electrons. The highest BCUT2D eigenvalue weighted by Gasteiger charge is 2.67. The van der Waals surface area contributed by atoms with Gasteiger partial charge < -0.3 is 18.9 Å². The number of hydrogen-bond donors (Lipinski definition) is 0. The smallest absolute Gasteiger partial charge is 0.334 e. The Kier molecular flexibility index (Phi) is 6.74. The summed E-state index contributed by atoms with van der Waals surface area (Å²) in [6.45, 7) is 12.5. The molecule has 0 bridgehead atoms. The Balaban J connectivity index is 2.00. The quantitative estimate of drug-likeness (QED) is 0.217. The Bertz CT molecular complexity index is 839. The zero-order chi connectivity index (χ0) is 22.9. The molecule has 0 spiro atoms. The predicted molar refractivity (Wildman–Crippen MR) is 113 cm³/mol. The van der Waals surface area contributed by atoms with Crippen LogP contribution in [0.1, 0.15) is 60.3 Å². The maximum atomic E-state index is 12.4. The zero-order valence-corrected chi connectivity index (χ0v) is 18.9. The summed E-state index contributed by atoms with van der Waals surface area (Å²) in [5.74, 6) is -1.88. The molecular formula is C24H32O7. The van der Waals surface area contributed by atoms with Crippen LogP contribution in [0.2, 0.25) is 0 Å². The summed E-state index contributed by atoms with van der Waals surface area (Å²) >= 11 is 0. The van der Waals surface area contributed by atoms with E-state index in [4.69, 9.17) is 18.9 Å². The van der Waals surface area contributed by atoms with Crippen LogP contribution in [0.25, 0.3) is 0 Å². The molecule has 0 aromatic rings. The highest BCUT2D eigenvalue weighted by Crippen LogP contribution is 2.50. The van der Waals surface area contributed by atoms with Crippen LogP contribution in [0.3, 0.4) is 0 Å². The molecule has 0 aromatic carbocycles. The van der Waals surface area contributed by atoms with E-state index in [9.17, 15) is 14.4 Å². The number of epoxide rings is 1. The molecule has 2 heterocycles. The average Bonchev–Trinajstić information content (AvgIpc) is 3.26. The number of esters is 3. The van der Waals surface area contributed by atoms with Gasteiger partial charge in [0.15, 0.2) is 0 Å². The van der Waals surface area contributed by atoms with Gasteiger partial charge in [0, 0.05) is 32.3 Å². The highest BCUT2D eigenvalue weighted by atomic mass is 16.7. The van der Waals surface area contributed by atoms with Crippen molar-refractivity contribution in [2.24, 2.45) is 5.92 Å². The lowest BCUT2D eigenvalue weighted by atomic mass is 9.82. The summed E-state index contributed by atoms with van der Waals surface area (Å²) in [5, 5.41) is 0. The molecular weight excluding hydrogens is 400 g/mol. The Labute approximate surface area is 183 Å². The summed E-state index contributed by atoms with van der Waals surface area (Å²) in [7, 11) is 0. The van der Waals surface area contributed by atoms with Gasteiger partial charge in [0.1, 0.15) is 30.0 Å². The van der Waals surface area contributed by atoms with Crippen molar-refractivity contribution in [3.05, 3.63) is 35.5 Å². The first-order valence-corrected chi connectivity index (χ1v) is 10.8. The van der Waals surface area contributed by atoms with E-state index in [-0.39, 0.29) is 5.57 Å². The van der Waals surface area contributed by atoms with Crippen molar-refractivity contribution < 1.29 is 33.3 Å². The minimum Gasteiger partial charge on any atom is -0.461 e. The van der Waals surface area contributed by atoms with E-state index in [1.165, 1.54) is 19.4 Å². The fraction of sp³-hybridized carbons (Fsp3) is 0.625. The number of hydrogen-bond acceptors (Lipinski definition) is 7. The fourth-order valence-corrected chi connectivity index (χ4v) is 4.60. The predicted octanol–water partition coefficient (Wildman–Crippen LogP) is 3.57. The van der Waals surface area contributed by atoms with Crippen molar-refractivity contribution in [2.75, 3.05) is 0 Å². The first-order valence-electron chi connectivity index (χ1n) is 10.8. The van der Waals surface area contributed by atoms with Crippen molar-refractivity contribution in [2.45, 2.75) is 90.3 Å². The number of carbonyl (C=O) groups excluding carboxylic acids is 3. The summed E-state index contributed by atoms with van der Waals surface area (Å²) in [4.78, 5) is 36.0. The number of fused-ring (bicyclic) bond motifs is 3. The number of rotatable bonds is 2. The minimum absolute atomic E-state index is 0.272. The van der Waals surface area contributed by atoms with Crippen molar-refractivity contribution in [3.63, 3.8) is 0 Å². The molecule has 0 N–H and O–H groups in total. The van der Waals surface area contributed by atoms with Gasteiger partial charge in [-0.05, 0) is 33.6 Å². The molecule has 1 aliphatic carbocycles. The second-order valence-corrected chi connectivity index (χ2v) is 8.97. The minimum atomic E-state index is -0.813. The summed E-state index contributed by atoms with van der Waals surface area (Å²) in [6.07, 6.45) is 4.57. The van der Waals surface area contributed by atoms with Crippen molar-refractivity contribution >= 4 is 17.9 Å². The molecule has 7 heteroatoms. The molecule has 31 heavy (non-hydrogen) atoms. The third kappa shape index (κ3) is 5.09. The van der Waals surface area contributed by atoms with Crippen LogP contribution in [0.5, 0.6) is 0 Å². The Morgan fingerprint density at radius 1 is 1.13 bits per heavy atom. The van der Waals surface area contributed by atoms with Gasteiger partial charge in [0.25, 0.3) is 0 Å². The molecule has 3 rings (SSSR count). The van der Waals surface area contributed by atoms with Crippen LogP contribution in [0.4, 0.5) is 0 Å². The van der Waals surface area contributed by atoms with E-state index < -0.39 is 53.8 Å². The molecule has 2 saturated heterocycles. The molecule has 0 amide bonds. The normalized spacial score (nSPS) is 39.5. The molecule has 2 aliphatic heterocycles. The van der Waals surface area contributed by atoms with Crippen LogP contribution < -0.4 is 0 Å². The lowest BCUT2D eigenvalue weighted by Gasteiger charge is -2.28. The zero-order valence-electron chi connectivity index (χ0n) is 18.9. The monoisotopic (exact) mass is 432 g/mol. The third-order valence-electron chi connectivity index (χ3n) is 6.35. The van der Waals surface area contributed by atoms with Crippen LogP contribution in [-0.4, -0.2) is 47.9 Å². The number of ether oxygens (including phenoxy) is 4. The number of allylic oxidation sites excluding steroid dienone is 2. The molecule has 7 nitrogen and oxygen atoms in total. The van der Waals surface area contributed by atoms with E-state index in [0.29, 0.717) is 12.8 Å². The van der Waals surface area contributed by atoms with Crippen LogP contribution in [0.15, 0.2) is 35.5 Å². The van der Waals surface area contributed by atoms with Gasteiger partial charge in [-0.2, -0.15) is 0 Å². The largest absolute Gasteiger partial charge is 0.461 e. The van der Waals surface area contributed by atoms with Gasteiger partial charge in [0.05, 0.1) is 5.92 Å². The summed E-state index contributed by atoms with van der Waals surface area (Å²) in [5.41, 5.74) is 1.72. The molecule has 0 unspecified atom stereocenters. The second-order valence-electron chi connectivity index (χ2n) is 8.97. The van der Waals surface area contributed by atoms with Gasteiger partial charge >= 0.3 is 17.9 Å². The topological polar surface area (TPSA) is 91.4 Å². The SMILES string of the molecule is C=C1C(=O)O[C@H]2[C@H]1[C@H](OC(C)=O)C/C(C)=C/CC/C(C)=C\C[C@@H](OC(C)=O)[C@]1(C)O[C@@H]21.